The summed E-state index contributed by atoms with van der Waals surface area (Å²) in [5.41, 5.74) is 1.09. The number of nitrogens with one attached hydrogen (secondary N) is 2. The fourth-order valence-corrected chi connectivity index (χ4v) is 3.15. The van der Waals surface area contributed by atoms with Crippen LogP contribution in [0.3, 0.4) is 0 Å². The maximum atomic E-state index is 5.16. The predicted octanol–water partition coefficient (Wildman–Crippen LogP) is 2.41. The second-order valence-corrected chi connectivity index (χ2v) is 6.56. The number of pyridine rings is 1. The van der Waals surface area contributed by atoms with Gasteiger partial charge in [-0.2, -0.15) is 0 Å². The third-order valence-corrected chi connectivity index (χ3v) is 4.63. The fraction of sp³-hybridized carbons (Fsp3) is 0.684. The van der Waals surface area contributed by atoms with E-state index >= 15 is 0 Å². The lowest BCUT2D eigenvalue weighted by Gasteiger charge is -2.33. The zero-order chi connectivity index (χ0) is 17.9. The second-order valence-electron chi connectivity index (χ2n) is 6.56. The number of guanidine groups is 1. The fourth-order valence-electron chi connectivity index (χ4n) is 3.15. The lowest BCUT2D eigenvalue weighted by atomic mass is 10.0. The van der Waals surface area contributed by atoms with Crippen molar-refractivity contribution in [2.75, 3.05) is 33.3 Å². The van der Waals surface area contributed by atoms with Gasteiger partial charge < -0.3 is 20.3 Å². The van der Waals surface area contributed by atoms with E-state index in [1.54, 1.807) is 13.3 Å². The molecule has 6 heteroatoms. The van der Waals surface area contributed by atoms with Gasteiger partial charge >= 0.3 is 0 Å². The van der Waals surface area contributed by atoms with Crippen LogP contribution < -0.4 is 15.4 Å². The lowest BCUT2D eigenvalue weighted by Crippen LogP contribution is -2.41. The first kappa shape index (κ1) is 19.5. The standard InChI is InChI=1S/C19H33N5O/c1-4-20-19(23-15-17-9-11-21-18(14-17)25-3)22-10-7-13-24-12-6-5-8-16(24)2/h9,11,14,16H,4-8,10,12-13,15H2,1-3H3,(H2,20,22,23). The van der Waals surface area contributed by atoms with Crippen LogP contribution in [0.2, 0.25) is 0 Å². The van der Waals surface area contributed by atoms with Gasteiger partial charge in [0.25, 0.3) is 0 Å². The van der Waals surface area contributed by atoms with Gasteiger partial charge in [0.1, 0.15) is 0 Å². The van der Waals surface area contributed by atoms with Crippen LogP contribution in [0, 0.1) is 0 Å². The van der Waals surface area contributed by atoms with Gasteiger partial charge in [0, 0.05) is 37.9 Å². The van der Waals surface area contributed by atoms with E-state index < -0.39 is 0 Å². The Morgan fingerprint density at radius 3 is 3.04 bits per heavy atom. The number of rotatable bonds is 8. The number of hydrogen-bond donors (Lipinski definition) is 2. The van der Waals surface area contributed by atoms with E-state index in [4.69, 9.17) is 4.74 Å². The molecule has 1 atom stereocenters. The van der Waals surface area contributed by atoms with E-state index in [1.807, 2.05) is 12.1 Å². The number of ether oxygens (including phenoxy) is 1. The van der Waals surface area contributed by atoms with E-state index in [9.17, 15) is 0 Å². The Hall–Kier alpha value is -1.82. The molecule has 2 N–H and O–H groups in total. The van der Waals surface area contributed by atoms with Gasteiger partial charge in [0.2, 0.25) is 5.88 Å². The zero-order valence-electron chi connectivity index (χ0n) is 15.9. The molecule has 0 radical (unpaired) electrons. The van der Waals surface area contributed by atoms with E-state index in [2.05, 4.69) is 39.4 Å². The van der Waals surface area contributed by atoms with Crippen molar-refractivity contribution in [1.82, 2.24) is 20.5 Å². The summed E-state index contributed by atoms with van der Waals surface area (Å²) in [5.74, 6) is 1.49. The zero-order valence-corrected chi connectivity index (χ0v) is 15.9. The van der Waals surface area contributed by atoms with Crippen LogP contribution in [0.1, 0.15) is 45.1 Å². The minimum absolute atomic E-state index is 0.609. The molecule has 0 aliphatic carbocycles. The number of piperidine rings is 1. The van der Waals surface area contributed by atoms with Crippen molar-refractivity contribution in [2.45, 2.75) is 52.1 Å². The third kappa shape index (κ3) is 6.90. The first-order valence-electron chi connectivity index (χ1n) is 9.48. The Balaban J connectivity index is 1.77. The Bertz CT molecular complexity index is 534. The first-order valence-corrected chi connectivity index (χ1v) is 9.48. The highest BCUT2D eigenvalue weighted by molar-refractivity contribution is 5.79. The summed E-state index contributed by atoms with van der Waals surface area (Å²) in [6.07, 6.45) is 6.96. The molecule has 0 bridgehead atoms. The average Bonchev–Trinajstić information content (AvgIpc) is 2.64. The summed E-state index contributed by atoms with van der Waals surface area (Å²) in [5, 5.41) is 6.75. The molecular formula is C19H33N5O. The van der Waals surface area contributed by atoms with Gasteiger partial charge in [-0.25, -0.2) is 9.98 Å². The maximum absolute atomic E-state index is 5.16. The summed E-state index contributed by atoms with van der Waals surface area (Å²) in [6.45, 7) is 9.25. The minimum atomic E-state index is 0.609. The molecule has 25 heavy (non-hydrogen) atoms. The Morgan fingerprint density at radius 2 is 2.28 bits per heavy atom. The van der Waals surface area contributed by atoms with E-state index in [0.29, 0.717) is 12.4 Å². The van der Waals surface area contributed by atoms with Crippen LogP contribution in [0.5, 0.6) is 5.88 Å². The predicted molar refractivity (Wildman–Crippen MR) is 103 cm³/mol. The number of nitrogens with zero attached hydrogens (tertiary/aromatic N) is 3. The molecule has 1 aliphatic heterocycles. The number of aromatic nitrogens is 1. The minimum Gasteiger partial charge on any atom is -0.481 e. The molecule has 1 unspecified atom stereocenters. The van der Waals surface area contributed by atoms with Crippen molar-refractivity contribution in [3.8, 4) is 5.88 Å². The number of methoxy groups -OCH3 is 1. The largest absolute Gasteiger partial charge is 0.481 e. The highest BCUT2D eigenvalue weighted by Gasteiger charge is 2.17. The molecule has 1 aromatic heterocycles. The van der Waals surface area contributed by atoms with Gasteiger partial charge in [-0.05, 0) is 51.3 Å². The molecule has 0 amide bonds. The van der Waals surface area contributed by atoms with Crippen molar-refractivity contribution in [3.63, 3.8) is 0 Å². The molecule has 2 heterocycles. The van der Waals surface area contributed by atoms with Crippen molar-refractivity contribution in [1.29, 1.82) is 0 Å². The topological polar surface area (TPSA) is 61.8 Å². The van der Waals surface area contributed by atoms with Crippen molar-refractivity contribution in [3.05, 3.63) is 23.9 Å². The van der Waals surface area contributed by atoms with Gasteiger partial charge in [-0.3, -0.25) is 0 Å². The summed E-state index contributed by atoms with van der Waals surface area (Å²) in [6, 6.07) is 4.62. The van der Waals surface area contributed by atoms with E-state index in [0.717, 1.165) is 43.6 Å². The van der Waals surface area contributed by atoms with E-state index in [-0.39, 0.29) is 0 Å². The molecule has 2 rings (SSSR count). The number of aliphatic imine (C=N–C) groups is 1. The SMILES string of the molecule is CCNC(=NCc1ccnc(OC)c1)NCCCN1CCCCC1C. The molecular weight excluding hydrogens is 314 g/mol. The summed E-state index contributed by atoms with van der Waals surface area (Å²) in [7, 11) is 1.63. The first-order chi connectivity index (χ1) is 12.2. The number of likely N-dealkylation sites (tertiary alicyclic amines) is 1. The second kappa shape index (κ2) is 10.9. The Kier molecular flexibility index (Phi) is 8.52. The maximum Gasteiger partial charge on any atom is 0.213 e. The third-order valence-electron chi connectivity index (χ3n) is 4.63. The van der Waals surface area contributed by atoms with Gasteiger partial charge in [-0.15, -0.1) is 0 Å². The van der Waals surface area contributed by atoms with Crippen LogP contribution in [-0.2, 0) is 6.54 Å². The molecule has 140 valence electrons. The van der Waals surface area contributed by atoms with Crippen molar-refractivity contribution < 1.29 is 4.74 Å². The Morgan fingerprint density at radius 1 is 1.40 bits per heavy atom. The lowest BCUT2D eigenvalue weighted by molar-refractivity contribution is 0.159. The van der Waals surface area contributed by atoms with Crippen molar-refractivity contribution >= 4 is 5.96 Å². The molecule has 6 nitrogen and oxygen atoms in total. The van der Waals surface area contributed by atoms with Gasteiger partial charge in [-0.1, -0.05) is 6.42 Å². The summed E-state index contributed by atoms with van der Waals surface area (Å²) >= 11 is 0. The van der Waals surface area contributed by atoms with Crippen molar-refractivity contribution in [2.24, 2.45) is 4.99 Å². The monoisotopic (exact) mass is 347 g/mol. The molecule has 1 aliphatic rings. The summed E-state index contributed by atoms with van der Waals surface area (Å²) in [4.78, 5) is 11.4. The van der Waals surface area contributed by atoms with Crippen LogP contribution in [0.15, 0.2) is 23.3 Å². The Labute approximate surface area is 152 Å². The molecule has 0 saturated carbocycles. The highest BCUT2D eigenvalue weighted by atomic mass is 16.5. The van der Waals surface area contributed by atoms with Crippen LogP contribution in [0.4, 0.5) is 0 Å². The molecule has 1 aromatic rings. The molecule has 0 spiro atoms. The number of hydrogen-bond acceptors (Lipinski definition) is 4. The quantitative estimate of drug-likeness (QED) is 0.430. The normalized spacial score (nSPS) is 18.8. The van der Waals surface area contributed by atoms with Crippen LogP contribution in [0.25, 0.3) is 0 Å². The highest BCUT2D eigenvalue weighted by Crippen LogP contribution is 2.16. The summed E-state index contributed by atoms with van der Waals surface area (Å²) < 4.78 is 5.16. The van der Waals surface area contributed by atoms with Gasteiger partial charge in [0.05, 0.1) is 13.7 Å². The smallest absolute Gasteiger partial charge is 0.213 e. The molecule has 1 fully saturated rings. The van der Waals surface area contributed by atoms with E-state index in [1.165, 1.54) is 25.8 Å². The van der Waals surface area contributed by atoms with Crippen LogP contribution in [-0.4, -0.2) is 55.2 Å². The molecule has 1 saturated heterocycles. The molecule has 0 aromatic carbocycles. The van der Waals surface area contributed by atoms with Crippen LogP contribution >= 0.6 is 0 Å². The van der Waals surface area contributed by atoms with Gasteiger partial charge in [0.15, 0.2) is 5.96 Å². The average molecular weight is 348 g/mol.